The number of para-hydroxylation sites is 1. The number of carbonyl (C=O) groups excluding carboxylic acids is 1. The van der Waals surface area contributed by atoms with Crippen LogP contribution in [0, 0.1) is 5.92 Å². The number of ether oxygens (including phenoxy) is 2. The highest BCUT2D eigenvalue weighted by Gasteiger charge is 2.30. The maximum atomic E-state index is 13.5. The summed E-state index contributed by atoms with van der Waals surface area (Å²) in [7, 11) is 0. The number of pyridine rings is 1. The van der Waals surface area contributed by atoms with Gasteiger partial charge in [-0.15, -0.1) is 5.10 Å². The second-order valence-electron chi connectivity index (χ2n) is 12.7. The third kappa shape index (κ3) is 8.66. The van der Waals surface area contributed by atoms with Crippen molar-refractivity contribution in [2.24, 2.45) is 16.6 Å². The molecule has 46 heavy (non-hydrogen) atoms. The molecule has 3 N–H and O–H groups in total. The summed E-state index contributed by atoms with van der Waals surface area (Å²) in [5.41, 5.74) is 8.79. The molecule has 1 unspecified atom stereocenters. The molecule has 242 valence electrons. The Morgan fingerprint density at radius 1 is 1.07 bits per heavy atom. The van der Waals surface area contributed by atoms with Gasteiger partial charge in [0.15, 0.2) is 11.8 Å². The van der Waals surface area contributed by atoms with E-state index in [9.17, 15) is 4.79 Å². The Balaban J connectivity index is 1.27. The van der Waals surface area contributed by atoms with Crippen molar-refractivity contribution in [3.8, 4) is 11.6 Å². The molecule has 1 aliphatic rings. The second-order valence-corrected chi connectivity index (χ2v) is 12.7. The van der Waals surface area contributed by atoms with E-state index in [1.807, 2.05) is 87.5 Å². The largest absolute Gasteiger partial charge is 0.439 e. The number of hydrogen-bond acceptors (Lipinski definition) is 10. The van der Waals surface area contributed by atoms with Crippen LogP contribution < -0.4 is 15.8 Å². The van der Waals surface area contributed by atoms with E-state index in [4.69, 9.17) is 15.2 Å². The molecular weight excluding hydrogens is 582 g/mol. The van der Waals surface area contributed by atoms with E-state index in [0.717, 1.165) is 11.1 Å². The second kappa shape index (κ2) is 14.5. The highest BCUT2D eigenvalue weighted by Crippen LogP contribution is 2.32. The highest BCUT2D eigenvalue weighted by atomic mass is 16.5. The zero-order valence-electron chi connectivity index (χ0n) is 27.1. The zero-order valence-corrected chi connectivity index (χ0v) is 27.1. The minimum Gasteiger partial charge on any atom is -0.439 e. The van der Waals surface area contributed by atoms with Crippen molar-refractivity contribution in [3.63, 3.8) is 0 Å². The lowest BCUT2D eigenvalue weighted by Gasteiger charge is -2.37. The van der Waals surface area contributed by atoms with Crippen LogP contribution in [0.3, 0.4) is 0 Å². The number of amides is 1. The number of aliphatic imine (C=N–C) groups is 1. The lowest BCUT2D eigenvalue weighted by atomic mass is 9.96. The van der Waals surface area contributed by atoms with Crippen LogP contribution in [0.4, 0.5) is 5.69 Å². The average molecular weight is 626 g/mol. The predicted molar refractivity (Wildman–Crippen MR) is 175 cm³/mol. The van der Waals surface area contributed by atoms with Gasteiger partial charge in [0, 0.05) is 30.6 Å². The van der Waals surface area contributed by atoms with Gasteiger partial charge < -0.3 is 25.4 Å². The number of aromatic nitrogens is 5. The molecule has 12 nitrogen and oxygen atoms in total. The Labute approximate surface area is 270 Å². The van der Waals surface area contributed by atoms with Crippen LogP contribution in [0.1, 0.15) is 70.5 Å². The molecule has 0 fully saturated rings. The van der Waals surface area contributed by atoms with Gasteiger partial charge in [-0.25, -0.2) is 14.7 Å². The van der Waals surface area contributed by atoms with Gasteiger partial charge in [0.25, 0.3) is 0 Å². The van der Waals surface area contributed by atoms with E-state index in [1.165, 1.54) is 0 Å². The summed E-state index contributed by atoms with van der Waals surface area (Å²) < 4.78 is 13.8. The first-order chi connectivity index (χ1) is 22.1. The van der Waals surface area contributed by atoms with Crippen LogP contribution in [0.2, 0.25) is 0 Å². The van der Waals surface area contributed by atoms with Crippen molar-refractivity contribution in [1.82, 2.24) is 35.4 Å². The summed E-state index contributed by atoms with van der Waals surface area (Å²) >= 11 is 0. The normalized spacial score (nSPS) is 14.4. The predicted octanol–water partition coefficient (Wildman–Crippen LogP) is 5.15. The maximum absolute atomic E-state index is 13.5. The van der Waals surface area contributed by atoms with Crippen LogP contribution in [0.25, 0.3) is 0 Å². The average Bonchev–Trinajstić information content (AvgIpc) is 3.48. The molecule has 1 amide bonds. The number of nitrogens with one attached hydrogen (secondary N) is 1. The van der Waals surface area contributed by atoms with Crippen molar-refractivity contribution in [1.29, 1.82) is 0 Å². The Bertz CT molecular complexity index is 1620. The van der Waals surface area contributed by atoms with Gasteiger partial charge in [-0.3, -0.25) is 4.79 Å². The molecule has 2 aromatic carbocycles. The third-order valence-electron chi connectivity index (χ3n) is 7.68. The highest BCUT2D eigenvalue weighted by molar-refractivity contribution is 5.84. The number of hydrogen-bond donors (Lipinski definition) is 2. The van der Waals surface area contributed by atoms with Gasteiger partial charge in [-0.1, -0.05) is 62.4 Å². The first-order valence-electron chi connectivity index (χ1n) is 15.6. The van der Waals surface area contributed by atoms with Crippen molar-refractivity contribution >= 4 is 17.6 Å². The zero-order chi connectivity index (χ0) is 32.7. The fourth-order valence-electron chi connectivity index (χ4n) is 5.34. The molecule has 4 aromatic rings. The Morgan fingerprint density at radius 3 is 2.48 bits per heavy atom. The van der Waals surface area contributed by atoms with Gasteiger partial charge >= 0.3 is 0 Å². The van der Waals surface area contributed by atoms with Crippen molar-refractivity contribution in [2.45, 2.75) is 78.2 Å². The van der Waals surface area contributed by atoms with E-state index in [1.54, 1.807) is 10.9 Å². The van der Waals surface area contributed by atoms with Crippen molar-refractivity contribution in [2.75, 3.05) is 6.61 Å². The maximum Gasteiger partial charge on any atom is 0.220 e. The van der Waals surface area contributed by atoms with Crippen LogP contribution in [-0.2, 0) is 22.6 Å². The first kappa shape index (κ1) is 32.6. The molecule has 5 rings (SSSR count). The lowest BCUT2D eigenvalue weighted by molar-refractivity contribution is -0.123. The van der Waals surface area contributed by atoms with Gasteiger partial charge in [-0.05, 0) is 61.2 Å². The number of guanidine groups is 1. The molecule has 0 bridgehead atoms. The lowest BCUT2D eigenvalue weighted by Crippen LogP contribution is -2.48. The molecule has 3 heterocycles. The van der Waals surface area contributed by atoms with Crippen LogP contribution in [-0.4, -0.2) is 60.2 Å². The van der Waals surface area contributed by atoms with Crippen molar-refractivity contribution in [3.05, 3.63) is 89.9 Å². The van der Waals surface area contributed by atoms with Gasteiger partial charge in [0.1, 0.15) is 11.8 Å². The third-order valence-corrected chi connectivity index (χ3v) is 7.68. The van der Waals surface area contributed by atoms with E-state index < -0.39 is 11.6 Å². The number of nitrogens with two attached hydrogens (primary N) is 1. The topological polar surface area (TPSA) is 146 Å². The molecule has 0 saturated carbocycles. The number of carbonyl (C=O) groups is 1. The van der Waals surface area contributed by atoms with Gasteiger partial charge in [-0.2, -0.15) is 0 Å². The minimum atomic E-state index is -0.535. The minimum absolute atomic E-state index is 0.0398. The van der Waals surface area contributed by atoms with E-state index in [0.29, 0.717) is 48.6 Å². The number of benzene rings is 2. The van der Waals surface area contributed by atoms with Crippen LogP contribution in [0.15, 0.2) is 77.9 Å². The summed E-state index contributed by atoms with van der Waals surface area (Å²) in [5, 5.41) is 15.5. The summed E-state index contributed by atoms with van der Waals surface area (Å²) in [6, 6.07) is 20.8. The molecule has 0 aliphatic carbocycles. The molecule has 2 aromatic heterocycles. The fourth-order valence-corrected chi connectivity index (χ4v) is 5.34. The summed E-state index contributed by atoms with van der Waals surface area (Å²) in [5.74, 6) is 2.20. The summed E-state index contributed by atoms with van der Waals surface area (Å²) in [4.78, 5) is 24.6. The van der Waals surface area contributed by atoms with E-state index in [-0.39, 0.29) is 30.9 Å². The SMILES string of the molecule is CC(C)[C@H](CCC(=O)NC(COC(C)(C)C)c1nnnn1Cc1ccccc1)N1Cc2cc(Oc3ccccc3)ncc2N=C1N. The fraction of sp³-hybridized carbons (Fsp3) is 0.412. The molecule has 1 aliphatic heterocycles. The number of tetrazole rings is 1. The molecule has 0 saturated heterocycles. The summed E-state index contributed by atoms with van der Waals surface area (Å²) in [6.07, 6.45) is 2.51. The smallest absolute Gasteiger partial charge is 0.220 e. The van der Waals surface area contributed by atoms with Crippen LogP contribution in [0.5, 0.6) is 11.6 Å². The Morgan fingerprint density at radius 2 is 1.78 bits per heavy atom. The van der Waals surface area contributed by atoms with E-state index in [2.05, 4.69) is 49.6 Å². The number of nitrogens with zero attached hydrogens (tertiary/aromatic N) is 7. The molecule has 0 spiro atoms. The Kier molecular flexibility index (Phi) is 10.3. The molecule has 12 heteroatoms. The first-order valence-corrected chi connectivity index (χ1v) is 15.6. The molecular formula is C34H43N9O3. The van der Waals surface area contributed by atoms with Crippen LogP contribution >= 0.6 is 0 Å². The van der Waals surface area contributed by atoms with E-state index >= 15 is 0 Å². The van der Waals surface area contributed by atoms with Crippen molar-refractivity contribution < 1.29 is 14.3 Å². The summed E-state index contributed by atoms with van der Waals surface area (Å²) in [6.45, 7) is 11.4. The standard InChI is InChI=1S/C34H43N9O3/c1-23(2)29(42-21-25-18-31(36-19-27(25)38-33(42)35)46-26-14-10-7-11-15-26)16-17-30(44)37-28(22-45-34(3,4)5)32-39-40-41-43(32)20-24-12-8-6-9-13-24/h6-15,18-19,23,28-29H,16-17,20-22H2,1-5H3,(H2,35,38)(H,37,44)/t28?,29-/m0/s1. The number of fused-ring (bicyclic) bond motifs is 1. The quantitative estimate of drug-likeness (QED) is 0.206. The molecule has 2 atom stereocenters. The van der Waals surface area contributed by atoms with Gasteiger partial charge in [0.2, 0.25) is 11.8 Å². The van der Waals surface area contributed by atoms with Gasteiger partial charge in [0.05, 0.1) is 30.6 Å². The number of rotatable bonds is 13. The monoisotopic (exact) mass is 625 g/mol. The molecule has 0 radical (unpaired) electrons. The Hall–Kier alpha value is -4.84.